The first-order chi connectivity index (χ1) is 9.36. The summed E-state index contributed by atoms with van der Waals surface area (Å²) in [6.07, 6.45) is 7.89. The van der Waals surface area contributed by atoms with E-state index in [1.807, 2.05) is 0 Å². The van der Waals surface area contributed by atoms with Crippen LogP contribution in [0.4, 0.5) is 0 Å². The number of halogens is 2. The molecule has 1 unspecified atom stereocenters. The molecule has 0 N–H and O–H groups in total. The number of benzene rings is 2. The van der Waals surface area contributed by atoms with E-state index in [4.69, 9.17) is 0 Å². The summed E-state index contributed by atoms with van der Waals surface area (Å²) in [5, 5.41) is 0. The third-order valence-electron chi connectivity index (χ3n) is 4.13. The summed E-state index contributed by atoms with van der Waals surface area (Å²) in [5.74, 6) is 0.495. The normalized spacial score (nSPS) is 17.4. The van der Waals surface area contributed by atoms with Crippen molar-refractivity contribution in [1.82, 2.24) is 0 Å². The molecule has 0 fully saturated rings. The standard InChI is InChI=1S/C18H13.2ClH.Hf/c1-2-8-13(7-1)18-16-11-5-3-9-14(16)15-10-4-6-12-17(15)18;;;/h1-7,9-11,18H,8H2;2*1H;/q;;;+2/p-2. The molecule has 0 spiro atoms. The summed E-state index contributed by atoms with van der Waals surface area (Å²) in [7, 11) is 0. The Labute approximate surface area is 152 Å². The third-order valence-corrected chi connectivity index (χ3v) is 5.69. The molecule has 1 atom stereocenters. The monoisotopic (exact) mass is 479 g/mol. The van der Waals surface area contributed by atoms with E-state index in [1.54, 1.807) is 14.5 Å². The molecule has 3 heteroatoms. The van der Waals surface area contributed by atoms with E-state index in [-0.39, 0.29) is 24.8 Å². The van der Waals surface area contributed by atoms with E-state index in [1.165, 1.54) is 16.7 Å². The van der Waals surface area contributed by atoms with Crippen LogP contribution >= 0.6 is 0 Å². The zero-order valence-corrected chi connectivity index (χ0v) is 16.4. The van der Waals surface area contributed by atoms with Crippen molar-refractivity contribution in [1.29, 1.82) is 0 Å². The number of fused-ring (bicyclic) bond motifs is 3. The Bertz CT molecular complexity index is 732. The van der Waals surface area contributed by atoms with E-state index in [9.17, 15) is 0 Å². The molecule has 0 amide bonds. The van der Waals surface area contributed by atoms with Gasteiger partial charge in [-0.25, -0.2) is 0 Å². The first kappa shape index (κ1) is 16.7. The Hall–Kier alpha value is -0.630. The summed E-state index contributed by atoms with van der Waals surface area (Å²) in [4.78, 5) is 0. The van der Waals surface area contributed by atoms with Crippen molar-refractivity contribution < 1.29 is 49.2 Å². The van der Waals surface area contributed by atoms with Crippen molar-refractivity contribution in [2.24, 2.45) is 0 Å². The predicted octanol–water partition coefficient (Wildman–Crippen LogP) is -2.13. The van der Waals surface area contributed by atoms with Gasteiger partial charge < -0.3 is 24.8 Å². The van der Waals surface area contributed by atoms with E-state index in [0.29, 0.717) is 5.92 Å². The molecule has 2 aliphatic carbocycles. The summed E-state index contributed by atoms with van der Waals surface area (Å²) in [6, 6.07) is 15.7. The summed E-state index contributed by atoms with van der Waals surface area (Å²) in [6.45, 7) is 0. The number of allylic oxidation sites excluding steroid dienone is 4. The van der Waals surface area contributed by atoms with Gasteiger partial charge in [0, 0.05) is 0 Å². The summed E-state index contributed by atoms with van der Waals surface area (Å²) in [5.41, 5.74) is 7.52. The van der Waals surface area contributed by atoms with Crippen molar-refractivity contribution in [2.45, 2.75) is 12.3 Å². The van der Waals surface area contributed by atoms with Gasteiger partial charge in [0.2, 0.25) is 0 Å². The van der Waals surface area contributed by atoms with Crippen LogP contribution in [-0.2, 0) is 24.4 Å². The summed E-state index contributed by atoms with van der Waals surface area (Å²) < 4.78 is 1.55. The molecule has 0 saturated heterocycles. The third kappa shape index (κ3) is 2.60. The molecule has 103 valence electrons. The molecular weight excluding hydrogens is 466 g/mol. The van der Waals surface area contributed by atoms with Crippen molar-refractivity contribution in [3.8, 4) is 11.1 Å². The van der Waals surface area contributed by atoms with Crippen LogP contribution in [0.3, 0.4) is 0 Å². The van der Waals surface area contributed by atoms with Crippen LogP contribution in [0, 0.1) is 0 Å². The number of rotatable bonds is 1. The van der Waals surface area contributed by atoms with Crippen LogP contribution in [-0.4, -0.2) is 0 Å². The number of hydrogen-bond donors (Lipinski definition) is 0. The molecule has 0 radical (unpaired) electrons. The van der Waals surface area contributed by atoms with Gasteiger partial charge in [0.15, 0.2) is 0 Å². The fraction of sp³-hybridized carbons (Fsp3) is 0.111. The van der Waals surface area contributed by atoms with Gasteiger partial charge in [0.05, 0.1) is 0 Å². The average molecular weight is 479 g/mol. The van der Waals surface area contributed by atoms with Gasteiger partial charge in [-0.2, -0.15) is 0 Å². The molecule has 0 aromatic heterocycles. The van der Waals surface area contributed by atoms with Crippen LogP contribution in [0.5, 0.6) is 0 Å². The van der Waals surface area contributed by atoms with Gasteiger partial charge in [-0.15, -0.1) is 0 Å². The van der Waals surface area contributed by atoms with E-state index >= 15 is 0 Å². The van der Waals surface area contributed by atoms with Crippen molar-refractivity contribution in [3.05, 3.63) is 77.4 Å². The molecule has 2 aromatic carbocycles. The van der Waals surface area contributed by atoms with Gasteiger partial charge in [0.25, 0.3) is 0 Å². The SMILES string of the molecule is [Cl-].[Cl-].[Hf+2][c]1cccc2c1C(C1=CC=CC1)c1ccccc1-2. The minimum atomic E-state index is 0. The van der Waals surface area contributed by atoms with Crippen LogP contribution in [0.2, 0.25) is 0 Å². The Morgan fingerprint density at radius 3 is 2.43 bits per heavy atom. The molecule has 2 aliphatic rings. The first-order valence-electron chi connectivity index (χ1n) is 6.65. The van der Waals surface area contributed by atoms with E-state index in [2.05, 4.69) is 60.7 Å². The van der Waals surface area contributed by atoms with Crippen LogP contribution in [0.25, 0.3) is 11.1 Å². The predicted molar refractivity (Wildman–Crippen MR) is 75.2 cm³/mol. The van der Waals surface area contributed by atoms with Gasteiger partial charge in [-0.05, 0) is 0 Å². The Morgan fingerprint density at radius 1 is 0.905 bits per heavy atom. The van der Waals surface area contributed by atoms with Gasteiger partial charge in [-0.1, -0.05) is 0 Å². The minimum absolute atomic E-state index is 0. The van der Waals surface area contributed by atoms with Crippen molar-refractivity contribution >= 4 is 3.32 Å². The second kappa shape index (κ2) is 6.64. The maximum atomic E-state index is 2.31. The van der Waals surface area contributed by atoms with Gasteiger partial charge in [-0.3, -0.25) is 0 Å². The molecule has 0 nitrogen and oxygen atoms in total. The maximum absolute atomic E-state index is 2.31. The quantitative estimate of drug-likeness (QED) is 0.411. The van der Waals surface area contributed by atoms with Crippen LogP contribution in [0.15, 0.2) is 66.3 Å². The second-order valence-electron chi connectivity index (χ2n) is 5.16. The average Bonchev–Trinajstić information content (AvgIpc) is 3.04. The van der Waals surface area contributed by atoms with Crippen LogP contribution in [0.1, 0.15) is 23.5 Å². The zero-order chi connectivity index (χ0) is 12.8. The van der Waals surface area contributed by atoms with Crippen molar-refractivity contribution in [2.75, 3.05) is 0 Å². The molecule has 0 bridgehead atoms. The van der Waals surface area contributed by atoms with Crippen LogP contribution < -0.4 is 28.1 Å². The Kier molecular flexibility index (Phi) is 5.29. The van der Waals surface area contributed by atoms with E-state index < -0.39 is 0 Å². The number of hydrogen-bond acceptors (Lipinski definition) is 0. The first-order valence-corrected chi connectivity index (χ1v) is 8.45. The summed E-state index contributed by atoms with van der Waals surface area (Å²) >= 11 is 1.12. The molecule has 21 heavy (non-hydrogen) atoms. The molecule has 2 aromatic rings. The van der Waals surface area contributed by atoms with Gasteiger partial charge >= 0.3 is 129 Å². The topological polar surface area (TPSA) is 0 Å². The van der Waals surface area contributed by atoms with Crippen molar-refractivity contribution in [3.63, 3.8) is 0 Å². The Morgan fingerprint density at radius 2 is 1.67 bits per heavy atom. The molecule has 0 heterocycles. The molecule has 0 saturated carbocycles. The Balaban J connectivity index is 0.000000807. The van der Waals surface area contributed by atoms with E-state index in [0.717, 1.165) is 30.8 Å². The fourth-order valence-electron chi connectivity index (χ4n) is 3.32. The fourth-order valence-corrected chi connectivity index (χ4v) is 4.67. The zero-order valence-electron chi connectivity index (χ0n) is 11.3. The molecular formula is C18H13Cl2Hf. The van der Waals surface area contributed by atoms with Gasteiger partial charge in [0.1, 0.15) is 0 Å². The molecule has 4 rings (SSSR count). The second-order valence-corrected chi connectivity index (χ2v) is 7.10. The molecule has 0 aliphatic heterocycles.